The Bertz CT molecular complexity index is 665. The zero-order valence-electron chi connectivity index (χ0n) is 16.7. The van der Waals surface area contributed by atoms with Crippen LogP contribution in [0.15, 0.2) is 35.9 Å². The van der Waals surface area contributed by atoms with E-state index < -0.39 is 11.9 Å². The molecule has 0 saturated carbocycles. The SMILES string of the molecule is C/C(=C\c1ccccc1)CN1CCC(C(=O)NC(C)C)CC1.O=C(O)C(=O)O. The van der Waals surface area contributed by atoms with Crippen molar-refractivity contribution in [3.05, 3.63) is 41.5 Å². The molecule has 3 N–H and O–H groups in total. The van der Waals surface area contributed by atoms with Crippen LogP contribution in [-0.2, 0) is 14.4 Å². The molecule has 0 unspecified atom stereocenters. The van der Waals surface area contributed by atoms with Crippen molar-refractivity contribution >= 4 is 23.9 Å². The molecule has 2 rings (SSSR count). The summed E-state index contributed by atoms with van der Waals surface area (Å²) in [6.45, 7) is 9.24. The maximum absolute atomic E-state index is 12.0. The second kappa shape index (κ2) is 11.9. The van der Waals surface area contributed by atoms with Gasteiger partial charge in [-0.2, -0.15) is 0 Å². The van der Waals surface area contributed by atoms with Crippen molar-refractivity contribution in [1.29, 1.82) is 0 Å². The third-order valence-corrected chi connectivity index (χ3v) is 4.26. The highest BCUT2D eigenvalue weighted by Crippen LogP contribution is 2.19. The van der Waals surface area contributed by atoms with E-state index in [-0.39, 0.29) is 17.9 Å². The minimum atomic E-state index is -1.82. The first-order valence-electron chi connectivity index (χ1n) is 9.40. The normalized spacial score (nSPS) is 15.5. The van der Waals surface area contributed by atoms with Crippen LogP contribution in [0.3, 0.4) is 0 Å². The molecule has 1 aromatic rings. The summed E-state index contributed by atoms with van der Waals surface area (Å²) in [6.07, 6.45) is 4.19. The number of hydrogen-bond donors (Lipinski definition) is 3. The van der Waals surface area contributed by atoms with Crippen LogP contribution in [0, 0.1) is 5.92 Å². The van der Waals surface area contributed by atoms with E-state index in [1.165, 1.54) is 11.1 Å². The highest BCUT2D eigenvalue weighted by Gasteiger charge is 2.25. The highest BCUT2D eigenvalue weighted by molar-refractivity contribution is 6.27. The Morgan fingerprint density at radius 2 is 1.64 bits per heavy atom. The number of amides is 1. The number of carbonyl (C=O) groups is 3. The van der Waals surface area contributed by atoms with E-state index >= 15 is 0 Å². The van der Waals surface area contributed by atoms with Crippen LogP contribution < -0.4 is 5.32 Å². The fourth-order valence-electron chi connectivity index (χ4n) is 2.99. The van der Waals surface area contributed by atoms with E-state index in [2.05, 4.69) is 47.5 Å². The van der Waals surface area contributed by atoms with E-state index in [9.17, 15) is 4.79 Å². The Labute approximate surface area is 166 Å². The van der Waals surface area contributed by atoms with Crippen LogP contribution in [-0.4, -0.2) is 58.6 Å². The second-order valence-corrected chi connectivity index (χ2v) is 7.23. The van der Waals surface area contributed by atoms with Crippen LogP contribution in [0.4, 0.5) is 0 Å². The highest BCUT2D eigenvalue weighted by atomic mass is 16.4. The summed E-state index contributed by atoms with van der Waals surface area (Å²) in [5.41, 5.74) is 2.63. The van der Waals surface area contributed by atoms with Crippen LogP contribution in [0.2, 0.25) is 0 Å². The van der Waals surface area contributed by atoms with Crippen LogP contribution in [0.25, 0.3) is 6.08 Å². The summed E-state index contributed by atoms with van der Waals surface area (Å²) in [7, 11) is 0. The summed E-state index contributed by atoms with van der Waals surface area (Å²) in [5.74, 6) is -3.23. The van der Waals surface area contributed by atoms with Gasteiger partial charge in [0.25, 0.3) is 0 Å². The lowest BCUT2D eigenvalue weighted by Gasteiger charge is -2.31. The van der Waals surface area contributed by atoms with Gasteiger partial charge >= 0.3 is 11.9 Å². The lowest BCUT2D eigenvalue weighted by atomic mass is 9.95. The molecule has 0 bridgehead atoms. The molecule has 1 aliphatic heterocycles. The van der Waals surface area contributed by atoms with Gasteiger partial charge in [-0.25, -0.2) is 9.59 Å². The van der Waals surface area contributed by atoms with Gasteiger partial charge in [-0.1, -0.05) is 42.0 Å². The first kappa shape index (κ1) is 23.4. The monoisotopic (exact) mass is 390 g/mol. The number of carboxylic acids is 2. The fraction of sp³-hybridized carbons (Fsp3) is 0.476. The lowest BCUT2D eigenvalue weighted by Crippen LogP contribution is -2.42. The quantitative estimate of drug-likeness (QED) is 0.667. The molecule has 0 aliphatic carbocycles. The van der Waals surface area contributed by atoms with Gasteiger partial charge in [0.15, 0.2) is 0 Å². The number of piperidine rings is 1. The Hall–Kier alpha value is -2.67. The summed E-state index contributed by atoms with van der Waals surface area (Å²) in [5, 5.41) is 17.8. The third-order valence-electron chi connectivity index (χ3n) is 4.26. The Morgan fingerprint density at radius 3 is 2.11 bits per heavy atom. The molecule has 1 amide bonds. The largest absolute Gasteiger partial charge is 0.473 e. The summed E-state index contributed by atoms with van der Waals surface area (Å²) >= 11 is 0. The van der Waals surface area contributed by atoms with Crippen molar-refractivity contribution in [3.8, 4) is 0 Å². The lowest BCUT2D eigenvalue weighted by molar-refractivity contribution is -0.159. The smallest absolute Gasteiger partial charge is 0.414 e. The van der Waals surface area contributed by atoms with Gasteiger partial charge in [0.2, 0.25) is 5.91 Å². The number of rotatable bonds is 5. The summed E-state index contributed by atoms with van der Waals surface area (Å²) < 4.78 is 0. The number of likely N-dealkylation sites (tertiary alicyclic amines) is 1. The average molecular weight is 390 g/mol. The zero-order chi connectivity index (χ0) is 21.1. The number of nitrogens with one attached hydrogen (secondary N) is 1. The number of hydrogen-bond acceptors (Lipinski definition) is 4. The molecule has 0 spiro atoms. The van der Waals surface area contributed by atoms with Crippen LogP contribution in [0.1, 0.15) is 39.2 Å². The molecule has 7 nitrogen and oxygen atoms in total. The van der Waals surface area contributed by atoms with Gasteiger partial charge < -0.3 is 15.5 Å². The summed E-state index contributed by atoms with van der Waals surface area (Å²) in [4.78, 5) is 32.7. The van der Waals surface area contributed by atoms with Gasteiger partial charge in [0.05, 0.1) is 0 Å². The van der Waals surface area contributed by atoms with Gasteiger partial charge in [-0.3, -0.25) is 9.69 Å². The zero-order valence-corrected chi connectivity index (χ0v) is 16.7. The van der Waals surface area contributed by atoms with Crippen LogP contribution in [0.5, 0.6) is 0 Å². The van der Waals surface area contributed by atoms with Crippen molar-refractivity contribution in [2.75, 3.05) is 19.6 Å². The summed E-state index contributed by atoms with van der Waals surface area (Å²) in [6, 6.07) is 10.7. The number of nitrogens with zero attached hydrogens (tertiary/aromatic N) is 1. The second-order valence-electron chi connectivity index (χ2n) is 7.23. The average Bonchev–Trinajstić information content (AvgIpc) is 2.63. The molecular weight excluding hydrogens is 360 g/mol. The molecule has 1 fully saturated rings. The first-order chi connectivity index (χ1) is 13.2. The number of benzene rings is 1. The van der Waals surface area contributed by atoms with Crippen molar-refractivity contribution in [2.24, 2.45) is 5.92 Å². The molecule has 1 saturated heterocycles. The topological polar surface area (TPSA) is 107 Å². The van der Waals surface area contributed by atoms with E-state index in [0.717, 1.165) is 32.5 Å². The Morgan fingerprint density at radius 1 is 1.11 bits per heavy atom. The molecular formula is C21H30N2O5. The minimum absolute atomic E-state index is 0.192. The molecule has 154 valence electrons. The predicted molar refractivity (Wildman–Crippen MR) is 108 cm³/mol. The molecule has 0 aromatic heterocycles. The molecule has 7 heteroatoms. The van der Waals surface area contributed by atoms with Gasteiger partial charge in [0.1, 0.15) is 0 Å². The van der Waals surface area contributed by atoms with Crippen molar-refractivity contribution in [3.63, 3.8) is 0 Å². The van der Waals surface area contributed by atoms with Gasteiger partial charge in [0, 0.05) is 18.5 Å². The molecule has 0 atom stereocenters. The standard InChI is InChI=1S/C19H28N2O.C2H2O4/c1-15(2)20-19(22)18-9-11-21(12-10-18)14-16(3)13-17-7-5-4-6-8-17;3-1(4)2(5)6/h4-8,13,15,18H,9-12,14H2,1-3H3,(H,20,22);(H,3,4)(H,5,6)/b16-13+;. The first-order valence-corrected chi connectivity index (χ1v) is 9.40. The Balaban J connectivity index is 0.000000568. The molecule has 1 aromatic carbocycles. The maximum atomic E-state index is 12.0. The van der Waals surface area contributed by atoms with Crippen LogP contribution >= 0.6 is 0 Å². The number of carbonyl (C=O) groups excluding carboxylic acids is 1. The van der Waals surface area contributed by atoms with Gasteiger partial charge in [-0.15, -0.1) is 0 Å². The van der Waals surface area contributed by atoms with E-state index in [1.807, 2.05) is 19.9 Å². The van der Waals surface area contributed by atoms with Gasteiger partial charge in [-0.05, 0) is 52.3 Å². The molecule has 1 heterocycles. The maximum Gasteiger partial charge on any atom is 0.414 e. The van der Waals surface area contributed by atoms with Crippen molar-refractivity contribution < 1.29 is 24.6 Å². The van der Waals surface area contributed by atoms with E-state index in [4.69, 9.17) is 19.8 Å². The van der Waals surface area contributed by atoms with E-state index in [0.29, 0.717) is 0 Å². The number of carboxylic acid groups (broad SMARTS) is 2. The fourth-order valence-corrected chi connectivity index (χ4v) is 2.99. The van der Waals surface area contributed by atoms with Crippen molar-refractivity contribution in [2.45, 2.75) is 39.7 Å². The molecule has 0 radical (unpaired) electrons. The molecule has 1 aliphatic rings. The number of aliphatic carboxylic acids is 2. The predicted octanol–water partition coefficient (Wildman–Crippen LogP) is 2.48. The molecule has 28 heavy (non-hydrogen) atoms. The van der Waals surface area contributed by atoms with E-state index in [1.54, 1.807) is 0 Å². The minimum Gasteiger partial charge on any atom is -0.473 e. The van der Waals surface area contributed by atoms with Crippen molar-refractivity contribution in [1.82, 2.24) is 10.2 Å². The third kappa shape index (κ3) is 9.32. The Kier molecular flexibility index (Phi) is 9.95.